The third-order valence-electron chi connectivity index (χ3n) is 3.25. The van der Waals surface area contributed by atoms with Crippen LogP contribution in [0.5, 0.6) is 0 Å². The third kappa shape index (κ3) is 2.02. The number of hydrogen-bond donors (Lipinski definition) is 1. The molecule has 2 aromatic heterocycles. The van der Waals surface area contributed by atoms with Gasteiger partial charge in [-0.2, -0.15) is 0 Å². The number of aromatic nitrogens is 2. The van der Waals surface area contributed by atoms with Crippen molar-refractivity contribution in [2.75, 3.05) is 13.1 Å². The van der Waals surface area contributed by atoms with E-state index in [2.05, 4.69) is 4.98 Å². The number of hydrogen-bond acceptors (Lipinski definition) is 4. The molecule has 0 spiro atoms. The van der Waals surface area contributed by atoms with Gasteiger partial charge in [-0.3, -0.25) is 9.20 Å². The van der Waals surface area contributed by atoms with Gasteiger partial charge in [0.05, 0.1) is 18.2 Å². The van der Waals surface area contributed by atoms with Crippen molar-refractivity contribution in [3.63, 3.8) is 0 Å². The summed E-state index contributed by atoms with van der Waals surface area (Å²) in [6.45, 7) is 3.08. The van der Waals surface area contributed by atoms with Crippen LogP contribution in [0.4, 0.5) is 0 Å². The fourth-order valence-corrected chi connectivity index (χ4v) is 3.22. The molecular formula is C12H15N3O2S. The molecule has 1 aliphatic rings. The van der Waals surface area contributed by atoms with Gasteiger partial charge in [0.2, 0.25) is 5.91 Å². The van der Waals surface area contributed by atoms with Crippen LogP contribution in [0.1, 0.15) is 17.8 Å². The molecule has 1 amide bonds. The number of rotatable bonds is 2. The van der Waals surface area contributed by atoms with Crippen LogP contribution in [0, 0.1) is 6.92 Å². The molecule has 0 aromatic carbocycles. The van der Waals surface area contributed by atoms with Crippen LogP contribution in [0.25, 0.3) is 4.96 Å². The number of fused-ring (bicyclic) bond motifs is 1. The van der Waals surface area contributed by atoms with Crippen molar-refractivity contribution >= 4 is 22.2 Å². The summed E-state index contributed by atoms with van der Waals surface area (Å²) >= 11 is 1.55. The van der Waals surface area contributed by atoms with Crippen molar-refractivity contribution in [3.05, 3.63) is 23.0 Å². The van der Waals surface area contributed by atoms with Gasteiger partial charge in [-0.15, -0.1) is 11.3 Å². The average Bonchev–Trinajstić information content (AvgIpc) is 2.97. The Morgan fingerprint density at radius 2 is 2.50 bits per heavy atom. The minimum absolute atomic E-state index is 0.0811. The Hall–Kier alpha value is -1.40. The SMILES string of the molecule is Cc1cn2c(CC(=O)N3CCC(O)C3)csc2n1. The van der Waals surface area contributed by atoms with Crippen LogP contribution >= 0.6 is 11.3 Å². The van der Waals surface area contributed by atoms with Gasteiger partial charge >= 0.3 is 0 Å². The van der Waals surface area contributed by atoms with E-state index in [-0.39, 0.29) is 12.0 Å². The summed E-state index contributed by atoms with van der Waals surface area (Å²) in [5.41, 5.74) is 1.94. The highest BCUT2D eigenvalue weighted by Crippen LogP contribution is 2.18. The first kappa shape index (κ1) is 11.7. The van der Waals surface area contributed by atoms with Gasteiger partial charge < -0.3 is 10.0 Å². The normalized spacial score (nSPS) is 19.9. The lowest BCUT2D eigenvalue weighted by atomic mass is 10.3. The lowest BCUT2D eigenvalue weighted by Gasteiger charge is -2.14. The zero-order chi connectivity index (χ0) is 12.7. The molecule has 1 fully saturated rings. The number of carbonyl (C=O) groups is 1. The van der Waals surface area contributed by atoms with Crippen LogP contribution < -0.4 is 0 Å². The number of β-amino-alcohol motifs (C(OH)–C–C–N with tert-alkyl or cyclic N) is 1. The highest BCUT2D eigenvalue weighted by Gasteiger charge is 2.25. The maximum Gasteiger partial charge on any atom is 0.228 e. The number of likely N-dealkylation sites (tertiary alicyclic amines) is 1. The average molecular weight is 265 g/mol. The van der Waals surface area contributed by atoms with E-state index in [0.29, 0.717) is 25.9 Å². The molecular weight excluding hydrogens is 250 g/mol. The summed E-state index contributed by atoms with van der Waals surface area (Å²) in [6, 6.07) is 0. The van der Waals surface area contributed by atoms with Crippen LogP contribution in [0.15, 0.2) is 11.6 Å². The van der Waals surface area contributed by atoms with Gasteiger partial charge in [-0.05, 0) is 13.3 Å². The van der Waals surface area contributed by atoms with E-state index in [1.54, 1.807) is 16.2 Å². The second kappa shape index (κ2) is 4.37. The zero-order valence-corrected chi connectivity index (χ0v) is 11.0. The number of aryl methyl sites for hydroxylation is 1. The summed E-state index contributed by atoms with van der Waals surface area (Å²) in [6.07, 6.45) is 2.66. The molecule has 96 valence electrons. The molecule has 3 heterocycles. The van der Waals surface area contributed by atoms with E-state index < -0.39 is 0 Å². The van der Waals surface area contributed by atoms with Gasteiger partial charge in [0, 0.05) is 30.4 Å². The smallest absolute Gasteiger partial charge is 0.228 e. The molecule has 6 heteroatoms. The van der Waals surface area contributed by atoms with Crippen molar-refractivity contribution in [2.45, 2.75) is 25.9 Å². The number of aliphatic hydroxyl groups is 1. The summed E-state index contributed by atoms with van der Waals surface area (Å²) in [5.74, 6) is 0.0811. The van der Waals surface area contributed by atoms with Gasteiger partial charge in [0.25, 0.3) is 0 Å². The van der Waals surface area contributed by atoms with Crippen molar-refractivity contribution in [1.29, 1.82) is 0 Å². The van der Waals surface area contributed by atoms with E-state index in [4.69, 9.17) is 0 Å². The molecule has 1 N–H and O–H groups in total. The molecule has 0 aliphatic carbocycles. The van der Waals surface area contributed by atoms with Gasteiger partial charge in [-0.1, -0.05) is 0 Å². The topological polar surface area (TPSA) is 57.8 Å². The first-order valence-electron chi connectivity index (χ1n) is 6.01. The largest absolute Gasteiger partial charge is 0.391 e. The first-order chi connectivity index (χ1) is 8.63. The molecule has 0 bridgehead atoms. The molecule has 0 radical (unpaired) electrons. The zero-order valence-electron chi connectivity index (χ0n) is 10.2. The minimum Gasteiger partial charge on any atom is -0.391 e. The molecule has 5 nitrogen and oxygen atoms in total. The van der Waals surface area contributed by atoms with Crippen molar-refractivity contribution in [1.82, 2.24) is 14.3 Å². The van der Waals surface area contributed by atoms with Crippen molar-refractivity contribution < 1.29 is 9.90 Å². The maximum atomic E-state index is 12.1. The molecule has 1 atom stereocenters. The Bertz CT molecular complexity index is 589. The second-order valence-electron chi connectivity index (χ2n) is 4.72. The molecule has 1 unspecified atom stereocenters. The molecule has 0 saturated carbocycles. The molecule has 1 saturated heterocycles. The summed E-state index contributed by atoms with van der Waals surface area (Å²) < 4.78 is 1.98. The van der Waals surface area contributed by atoms with Crippen molar-refractivity contribution in [3.8, 4) is 0 Å². The van der Waals surface area contributed by atoms with Gasteiger partial charge in [-0.25, -0.2) is 4.98 Å². The predicted molar refractivity (Wildman–Crippen MR) is 68.7 cm³/mol. The van der Waals surface area contributed by atoms with Crippen LogP contribution in [0.3, 0.4) is 0 Å². The number of carbonyl (C=O) groups excluding carboxylic acids is 1. The first-order valence-corrected chi connectivity index (χ1v) is 6.89. The van der Waals surface area contributed by atoms with E-state index in [9.17, 15) is 9.90 Å². The molecule has 1 aliphatic heterocycles. The lowest BCUT2D eigenvalue weighted by Crippen LogP contribution is -2.31. The Morgan fingerprint density at radius 3 is 3.22 bits per heavy atom. The van der Waals surface area contributed by atoms with E-state index in [0.717, 1.165) is 16.3 Å². The number of amides is 1. The maximum absolute atomic E-state index is 12.1. The Labute approximate surface area is 109 Å². The number of thiazole rings is 1. The Balaban J connectivity index is 1.77. The standard InChI is InChI=1S/C12H15N3O2S/c1-8-5-15-9(7-18-12(15)13-8)4-11(17)14-3-2-10(16)6-14/h5,7,10,16H,2-4,6H2,1H3. The second-order valence-corrected chi connectivity index (χ2v) is 5.56. The summed E-state index contributed by atoms with van der Waals surface area (Å²) in [5, 5.41) is 11.4. The lowest BCUT2D eigenvalue weighted by molar-refractivity contribution is -0.129. The van der Waals surface area contributed by atoms with E-state index in [1.807, 2.05) is 22.9 Å². The van der Waals surface area contributed by atoms with E-state index >= 15 is 0 Å². The highest BCUT2D eigenvalue weighted by atomic mass is 32.1. The highest BCUT2D eigenvalue weighted by molar-refractivity contribution is 7.15. The number of aliphatic hydroxyl groups excluding tert-OH is 1. The van der Waals surface area contributed by atoms with Crippen LogP contribution in [0.2, 0.25) is 0 Å². The van der Waals surface area contributed by atoms with Gasteiger partial charge in [0.15, 0.2) is 4.96 Å². The third-order valence-corrected chi connectivity index (χ3v) is 4.14. The van der Waals surface area contributed by atoms with Gasteiger partial charge in [0.1, 0.15) is 0 Å². The number of imidazole rings is 1. The van der Waals surface area contributed by atoms with Crippen LogP contribution in [-0.4, -0.2) is 44.5 Å². The Morgan fingerprint density at radius 1 is 1.67 bits per heavy atom. The molecule has 3 rings (SSSR count). The molecule has 18 heavy (non-hydrogen) atoms. The predicted octanol–water partition coefficient (Wildman–Crippen LogP) is 0.840. The summed E-state index contributed by atoms with van der Waals surface area (Å²) in [7, 11) is 0. The van der Waals surface area contributed by atoms with Crippen molar-refractivity contribution in [2.24, 2.45) is 0 Å². The fourth-order valence-electron chi connectivity index (χ4n) is 2.30. The number of nitrogens with zero attached hydrogens (tertiary/aromatic N) is 3. The quantitative estimate of drug-likeness (QED) is 0.875. The Kier molecular flexibility index (Phi) is 2.83. The monoisotopic (exact) mass is 265 g/mol. The fraction of sp³-hybridized carbons (Fsp3) is 0.500. The van der Waals surface area contributed by atoms with E-state index in [1.165, 1.54) is 0 Å². The minimum atomic E-state index is -0.355. The van der Waals surface area contributed by atoms with Crippen LogP contribution in [-0.2, 0) is 11.2 Å². The molecule has 2 aromatic rings. The summed E-state index contributed by atoms with van der Waals surface area (Å²) in [4.78, 5) is 19.1.